The lowest BCUT2D eigenvalue weighted by molar-refractivity contribution is -0.129. The minimum atomic E-state index is -0.998. The Balaban J connectivity index is 2.07. The Kier molecular flexibility index (Phi) is 5.44. The quantitative estimate of drug-likeness (QED) is 0.450. The van der Waals surface area contributed by atoms with Gasteiger partial charge in [0.2, 0.25) is 5.91 Å². The number of benzene rings is 2. The van der Waals surface area contributed by atoms with E-state index in [4.69, 9.17) is 0 Å². The Hall–Kier alpha value is -3.71. The fourth-order valence-electron chi connectivity index (χ4n) is 3.56. The van der Waals surface area contributed by atoms with Crippen molar-refractivity contribution in [2.75, 3.05) is 14.1 Å². The van der Waals surface area contributed by atoms with Gasteiger partial charge in [0, 0.05) is 25.2 Å². The van der Waals surface area contributed by atoms with Crippen LogP contribution in [0.15, 0.2) is 60.7 Å². The SMILES string of the molecule is CN(C)C(=O)Cn1c(-c2ccc(C=O)cc2)c(-c2ccccc2)c2sc(C(=O)O)cc21. The lowest BCUT2D eigenvalue weighted by Gasteiger charge is -2.16. The molecule has 0 aliphatic heterocycles. The summed E-state index contributed by atoms with van der Waals surface area (Å²) in [6.07, 6.45) is 0.786. The first kappa shape index (κ1) is 20.6. The van der Waals surface area contributed by atoms with Crippen LogP contribution in [0.2, 0.25) is 0 Å². The van der Waals surface area contributed by atoms with Crippen LogP contribution in [0.3, 0.4) is 0 Å². The maximum atomic E-state index is 12.7. The molecule has 0 radical (unpaired) electrons. The summed E-state index contributed by atoms with van der Waals surface area (Å²) in [7, 11) is 3.38. The van der Waals surface area contributed by atoms with Crippen LogP contribution >= 0.6 is 11.3 Å². The van der Waals surface area contributed by atoms with Gasteiger partial charge in [-0.25, -0.2) is 4.79 Å². The number of carbonyl (C=O) groups excluding carboxylic acids is 2. The molecule has 1 N–H and O–H groups in total. The van der Waals surface area contributed by atoms with Gasteiger partial charge in [-0.1, -0.05) is 54.6 Å². The van der Waals surface area contributed by atoms with Gasteiger partial charge in [0.05, 0.1) is 15.9 Å². The molecule has 0 unspecified atom stereocenters. The molecule has 2 heterocycles. The average Bonchev–Trinajstić information content (AvgIpc) is 3.32. The molecule has 4 aromatic rings. The third kappa shape index (κ3) is 3.75. The zero-order valence-corrected chi connectivity index (χ0v) is 17.8. The molecule has 31 heavy (non-hydrogen) atoms. The van der Waals surface area contributed by atoms with E-state index >= 15 is 0 Å². The van der Waals surface area contributed by atoms with E-state index in [0.29, 0.717) is 11.1 Å². The van der Waals surface area contributed by atoms with E-state index in [-0.39, 0.29) is 17.3 Å². The predicted octanol–water partition coefficient (Wildman–Crippen LogP) is 4.64. The number of rotatable bonds is 6. The van der Waals surface area contributed by atoms with Crippen molar-refractivity contribution in [1.82, 2.24) is 9.47 Å². The second-order valence-electron chi connectivity index (χ2n) is 7.33. The zero-order valence-electron chi connectivity index (χ0n) is 17.0. The van der Waals surface area contributed by atoms with Crippen molar-refractivity contribution in [2.45, 2.75) is 6.54 Å². The van der Waals surface area contributed by atoms with E-state index < -0.39 is 5.97 Å². The van der Waals surface area contributed by atoms with E-state index in [1.165, 1.54) is 16.2 Å². The number of aromatic nitrogens is 1. The van der Waals surface area contributed by atoms with Crippen molar-refractivity contribution in [1.29, 1.82) is 0 Å². The third-order valence-electron chi connectivity index (χ3n) is 5.12. The van der Waals surface area contributed by atoms with Gasteiger partial charge in [0.15, 0.2) is 0 Å². The van der Waals surface area contributed by atoms with Gasteiger partial charge in [0.25, 0.3) is 0 Å². The molecule has 0 bridgehead atoms. The van der Waals surface area contributed by atoms with Crippen LogP contribution < -0.4 is 0 Å². The molecule has 7 heteroatoms. The highest BCUT2D eigenvalue weighted by molar-refractivity contribution is 7.21. The van der Waals surface area contributed by atoms with Gasteiger partial charge in [-0.05, 0) is 17.2 Å². The van der Waals surface area contributed by atoms with E-state index in [1.54, 1.807) is 32.3 Å². The Bertz CT molecular complexity index is 1280. The molecule has 0 aliphatic carbocycles. The summed E-state index contributed by atoms with van der Waals surface area (Å²) in [5, 5.41) is 9.56. The van der Waals surface area contributed by atoms with Gasteiger partial charge in [-0.3, -0.25) is 9.59 Å². The molecule has 2 aromatic carbocycles. The molecular weight excluding hydrogens is 412 g/mol. The summed E-state index contributed by atoms with van der Waals surface area (Å²) in [4.78, 5) is 37.2. The van der Waals surface area contributed by atoms with E-state index in [9.17, 15) is 19.5 Å². The van der Waals surface area contributed by atoms with Crippen molar-refractivity contribution >= 4 is 39.7 Å². The number of carboxylic acid groups (broad SMARTS) is 1. The van der Waals surface area contributed by atoms with Crippen LogP contribution in [0, 0.1) is 0 Å². The Morgan fingerprint density at radius 1 is 1.03 bits per heavy atom. The van der Waals surface area contributed by atoms with Crippen LogP contribution in [0.1, 0.15) is 20.0 Å². The minimum Gasteiger partial charge on any atom is -0.477 e. The van der Waals surface area contributed by atoms with Crippen LogP contribution in [-0.4, -0.2) is 46.8 Å². The first-order chi connectivity index (χ1) is 14.9. The smallest absolute Gasteiger partial charge is 0.345 e. The van der Waals surface area contributed by atoms with Crippen molar-refractivity contribution in [2.24, 2.45) is 0 Å². The van der Waals surface area contributed by atoms with E-state index in [2.05, 4.69) is 0 Å². The molecule has 0 spiro atoms. The van der Waals surface area contributed by atoms with Crippen LogP contribution in [-0.2, 0) is 11.3 Å². The number of amides is 1. The summed E-state index contributed by atoms with van der Waals surface area (Å²) in [5.74, 6) is -1.10. The first-order valence-electron chi connectivity index (χ1n) is 9.61. The van der Waals surface area contributed by atoms with Gasteiger partial charge in [-0.2, -0.15) is 0 Å². The molecular formula is C24H20N2O4S. The van der Waals surface area contributed by atoms with Crippen molar-refractivity contribution in [3.8, 4) is 22.4 Å². The highest BCUT2D eigenvalue weighted by Gasteiger charge is 2.25. The zero-order chi connectivity index (χ0) is 22.1. The van der Waals surface area contributed by atoms with Crippen LogP contribution in [0.4, 0.5) is 0 Å². The van der Waals surface area contributed by atoms with Crippen LogP contribution in [0.5, 0.6) is 0 Å². The topological polar surface area (TPSA) is 79.6 Å². The number of nitrogens with zero attached hydrogens (tertiary/aromatic N) is 2. The van der Waals surface area contributed by atoms with Crippen molar-refractivity contribution in [3.05, 3.63) is 71.1 Å². The molecule has 1 amide bonds. The summed E-state index contributed by atoms with van der Waals surface area (Å²) in [6.45, 7) is 0.0664. The fourth-order valence-corrected chi connectivity index (χ4v) is 4.63. The number of carbonyl (C=O) groups is 3. The lowest BCUT2D eigenvalue weighted by atomic mass is 10.0. The second kappa shape index (κ2) is 8.20. The number of thiophene rings is 1. The number of aldehydes is 1. The van der Waals surface area contributed by atoms with Crippen molar-refractivity contribution < 1.29 is 19.5 Å². The van der Waals surface area contributed by atoms with Gasteiger partial charge >= 0.3 is 5.97 Å². The number of aromatic carboxylic acids is 1. The number of hydrogen-bond acceptors (Lipinski definition) is 4. The average molecular weight is 433 g/mol. The number of hydrogen-bond donors (Lipinski definition) is 1. The Morgan fingerprint density at radius 2 is 1.71 bits per heavy atom. The summed E-state index contributed by atoms with van der Waals surface area (Å²) < 4.78 is 2.68. The summed E-state index contributed by atoms with van der Waals surface area (Å²) >= 11 is 1.20. The monoisotopic (exact) mass is 432 g/mol. The fraction of sp³-hybridized carbons (Fsp3) is 0.125. The lowest BCUT2D eigenvalue weighted by Crippen LogP contribution is -2.26. The predicted molar refractivity (Wildman–Crippen MR) is 122 cm³/mol. The molecule has 0 fully saturated rings. The number of likely N-dealkylation sites (N-methyl/N-ethyl adjacent to an activating group) is 1. The maximum Gasteiger partial charge on any atom is 0.345 e. The highest BCUT2D eigenvalue weighted by atomic mass is 32.1. The van der Waals surface area contributed by atoms with Crippen molar-refractivity contribution in [3.63, 3.8) is 0 Å². The summed E-state index contributed by atoms with van der Waals surface area (Å²) in [5.41, 5.74) is 4.72. The van der Waals surface area contributed by atoms with E-state index in [1.807, 2.05) is 47.0 Å². The van der Waals surface area contributed by atoms with E-state index in [0.717, 1.165) is 33.4 Å². The number of carboxylic acids is 1. The molecule has 4 rings (SSSR count). The second-order valence-corrected chi connectivity index (χ2v) is 8.39. The highest BCUT2D eigenvalue weighted by Crippen LogP contribution is 2.44. The molecule has 156 valence electrons. The molecule has 0 saturated heterocycles. The van der Waals surface area contributed by atoms with Gasteiger partial charge in [0.1, 0.15) is 17.7 Å². The van der Waals surface area contributed by atoms with Crippen LogP contribution in [0.25, 0.3) is 32.6 Å². The number of fused-ring (bicyclic) bond motifs is 1. The molecule has 0 aliphatic rings. The largest absolute Gasteiger partial charge is 0.477 e. The summed E-state index contributed by atoms with van der Waals surface area (Å²) in [6, 6.07) is 18.5. The first-order valence-corrected chi connectivity index (χ1v) is 10.4. The Morgan fingerprint density at radius 3 is 2.29 bits per heavy atom. The third-order valence-corrected chi connectivity index (χ3v) is 6.25. The van der Waals surface area contributed by atoms with Gasteiger partial charge < -0.3 is 14.6 Å². The van der Waals surface area contributed by atoms with Gasteiger partial charge in [-0.15, -0.1) is 11.3 Å². The maximum absolute atomic E-state index is 12.7. The molecule has 0 atom stereocenters. The normalized spacial score (nSPS) is 10.9. The molecule has 6 nitrogen and oxygen atoms in total. The Labute approximate surface area is 183 Å². The standard InChI is InChI=1S/C24H20N2O4S/c1-25(2)20(28)13-26-18-12-19(24(29)30)31-23(18)21(16-6-4-3-5-7-16)22(26)17-10-8-15(14-27)9-11-17/h3-12,14H,13H2,1-2H3,(H,29,30). The minimum absolute atomic E-state index is 0.0664. The molecule has 2 aromatic heterocycles. The molecule has 0 saturated carbocycles.